The lowest BCUT2D eigenvalue weighted by atomic mass is 10.1. The molecule has 1 aliphatic heterocycles. The van der Waals surface area contributed by atoms with Crippen LogP contribution in [-0.2, 0) is 4.79 Å². The van der Waals surface area contributed by atoms with Crippen molar-refractivity contribution < 1.29 is 14.7 Å². The summed E-state index contributed by atoms with van der Waals surface area (Å²) in [7, 11) is 0. The van der Waals surface area contributed by atoms with E-state index in [4.69, 9.17) is 5.11 Å². The number of carboxylic acids is 1. The third-order valence-electron chi connectivity index (χ3n) is 3.28. The second-order valence-corrected chi connectivity index (χ2v) is 4.64. The molecule has 20 heavy (non-hydrogen) atoms. The van der Waals surface area contributed by atoms with Crippen molar-refractivity contribution in [1.29, 1.82) is 0 Å². The molecule has 2 heterocycles. The monoisotopic (exact) mass is 268 g/mol. The number of H-pyrrole nitrogens is 1. The molecular weight excluding hydrogens is 256 g/mol. The molecule has 0 fully saturated rings. The van der Waals surface area contributed by atoms with Gasteiger partial charge in [-0.05, 0) is 30.7 Å². The van der Waals surface area contributed by atoms with Gasteiger partial charge in [-0.2, -0.15) is 0 Å². The zero-order valence-corrected chi connectivity index (χ0v) is 10.7. The maximum atomic E-state index is 12.0. The fourth-order valence-corrected chi connectivity index (χ4v) is 2.27. The molecule has 100 valence electrons. The summed E-state index contributed by atoms with van der Waals surface area (Å²) in [6.07, 6.45) is 1.68. The number of rotatable bonds is 2. The van der Waals surface area contributed by atoms with E-state index in [1.807, 2.05) is 24.3 Å². The number of carbonyl (C=O) groups is 2. The minimum Gasteiger partial charge on any atom is -0.477 e. The highest BCUT2D eigenvalue weighted by molar-refractivity contribution is 6.34. The van der Waals surface area contributed by atoms with Gasteiger partial charge in [0.05, 0.1) is 5.57 Å². The van der Waals surface area contributed by atoms with Crippen molar-refractivity contribution in [2.75, 3.05) is 5.32 Å². The standard InChI is InChI=1S/C15H12N2O3/c1-8-6-13(15(19)20)16-12(8)7-10-9-4-2-3-5-11(9)17-14(10)18/h2-7,16H,1H3,(H,17,18)(H,19,20)/b10-7-. The number of aromatic nitrogens is 1. The topological polar surface area (TPSA) is 82.2 Å². The Morgan fingerprint density at radius 2 is 2.05 bits per heavy atom. The van der Waals surface area contributed by atoms with Crippen LogP contribution in [0.4, 0.5) is 5.69 Å². The van der Waals surface area contributed by atoms with Crippen LogP contribution in [0.5, 0.6) is 0 Å². The van der Waals surface area contributed by atoms with E-state index in [1.54, 1.807) is 19.1 Å². The second kappa shape index (κ2) is 4.38. The quantitative estimate of drug-likeness (QED) is 0.732. The fraction of sp³-hybridized carbons (Fsp3) is 0.0667. The molecule has 0 bridgehead atoms. The maximum Gasteiger partial charge on any atom is 0.352 e. The highest BCUT2D eigenvalue weighted by Crippen LogP contribution is 2.32. The van der Waals surface area contributed by atoms with E-state index in [0.717, 1.165) is 16.8 Å². The number of aromatic carboxylic acids is 1. The summed E-state index contributed by atoms with van der Waals surface area (Å²) in [6, 6.07) is 8.95. The molecule has 0 atom stereocenters. The Hall–Kier alpha value is -2.82. The van der Waals surface area contributed by atoms with Gasteiger partial charge in [0.25, 0.3) is 5.91 Å². The van der Waals surface area contributed by atoms with Gasteiger partial charge < -0.3 is 15.4 Å². The van der Waals surface area contributed by atoms with E-state index < -0.39 is 5.97 Å². The summed E-state index contributed by atoms with van der Waals surface area (Å²) >= 11 is 0. The van der Waals surface area contributed by atoms with Gasteiger partial charge in [0, 0.05) is 16.9 Å². The average Bonchev–Trinajstić information content (AvgIpc) is 2.92. The first-order valence-electron chi connectivity index (χ1n) is 6.11. The number of hydrogen-bond acceptors (Lipinski definition) is 2. The molecule has 1 aromatic carbocycles. The number of aromatic amines is 1. The van der Waals surface area contributed by atoms with E-state index in [-0.39, 0.29) is 11.6 Å². The summed E-state index contributed by atoms with van der Waals surface area (Å²) < 4.78 is 0. The molecule has 3 N–H and O–H groups in total. The molecule has 0 saturated heterocycles. The number of hydrogen-bond donors (Lipinski definition) is 3. The van der Waals surface area contributed by atoms with Crippen LogP contribution in [0.1, 0.15) is 27.3 Å². The van der Waals surface area contributed by atoms with Crippen LogP contribution >= 0.6 is 0 Å². The molecular formula is C15H12N2O3. The Kier molecular flexibility index (Phi) is 2.68. The lowest BCUT2D eigenvalue weighted by Crippen LogP contribution is -2.03. The Balaban J connectivity index is 2.09. The van der Waals surface area contributed by atoms with Gasteiger partial charge in [-0.3, -0.25) is 4.79 Å². The van der Waals surface area contributed by atoms with Gasteiger partial charge in [-0.15, -0.1) is 0 Å². The molecule has 0 spiro atoms. The van der Waals surface area contributed by atoms with Crippen molar-refractivity contribution in [3.8, 4) is 0 Å². The number of fused-ring (bicyclic) bond motifs is 1. The van der Waals surface area contributed by atoms with Crippen molar-refractivity contribution >= 4 is 29.2 Å². The summed E-state index contributed by atoms with van der Waals surface area (Å²) in [5, 5.41) is 11.7. The number of benzene rings is 1. The summed E-state index contributed by atoms with van der Waals surface area (Å²) in [4.78, 5) is 25.7. The van der Waals surface area contributed by atoms with Gasteiger partial charge in [0.1, 0.15) is 5.69 Å². The van der Waals surface area contributed by atoms with Gasteiger partial charge in [0.2, 0.25) is 0 Å². The fourth-order valence-electron chi connectivity index (χ4n) is 2.27. The minimum atomic E-state index is -1.02. The molecule has 2 aromatic rings. The number of carbonyl (C=O) groups excluding carboxylic acids is 1. The van der Waals surface area contributed by atoms with Gasteiger partial charge in [-0.1, -0.05) is 18.2 Å². The van der Waals surface area contributed by atoms with Crippen LogP contribution in [0.15, 0.2) is 30.3 Å². The van der Waals surface area contributed by atoms with E-state index in [1.165, 1.54) is 0 Å². The molecule has 0 aliphatic carbocycles. The van der Waals surface area contributed by atoms with Crippen LogP contribution in [-0.4, -0.2) is 22.0 Å². The first-order valence-corrected chi connectivity index (χ1v) is 6.11. The molecule has 5 nitrogen and oxygen atoms in total. The SMILES string of the molecule is Cc1cc(C(=O)O)[nH]c1/C=C1\C(=O)Nc2ccccc21. The van der Waals surface area contributed by atoms with Crippen molar-refractivity contribution in [3.05, 3.63) is 52.8 Å². The molecule has 1 aromatic heterocycles. The predicted octanol–water partition coefficient (Wildman–Crippen LogP) is 2.51. The van der Waals surface area contributed by atoms with Gasteiger partial charge >= 0.3 is 5.97 Å². The Labute approximate surface area is 114 Å². The number of carboxylic acid groups (broad SMARTS) is 1. The Morgan fingerprint density at radius 3 is 2.75 bits per heavy atom. The van der Waals surface area contributed by atoms with E-state index in [2.05, 4.69) is 10.3 Å². The summed E-state index contributed by atoms with van der Waals surface area (Å²) in [6.45, 7) is 1.80. The van der Waals surface area contributed by atoms with E-state index >= 15 is 0 Å². The van der Waals surface area contributed by atoms with E-state index in [0.29, 0.717) is 11.3 Å². The lowest BCUT2D eigenvalue weighted by Gasteiger charge is -1.97. The van der Waals surface area contributed by atoms with Gasteiger partial charge in [-0.25, -0.2) is 4.79 Å². The first-order chi connectivity index (χ1) is 9.56. The van der Waals surface area contributed by atoms with Crippen molar-refractivity contribution in [2.24, 2.45) is 0 Å². The van der Waals surface area contributed by atoms with Crippen LogP contribution in [0.25, 0.3) is 11.6 Å². The zero-order chi connectivity index (χ0) is 14.3. The van der Waals surface area contributed by atoms with Crippen LogP contribution < -0.4 is 5.32 Å². The molecule has 1 aliphatic rings. The van der Waals surface area contributed by atoms with Crippen molar-refractivity contribution in [1.82, 2.24) is 4.98 Å². The van der Waals surface area contributed by atoms with Gasteiger partial charge in [0.15, 0.2) is 0 Å². The number of aryl methyl sites for hydroxylation is 1. The molecule has 0 saturated carbocycles. The van der Waals surface area contributed by atoms with Crippen LogP contribution in [0.3, 0.4) is 0 Å². The molecule has 5 heteroatoms. The van der Waals surface area contributed by atoms with Crippen molar-refractivity contribution in [3.63, 3.8) is 0 Å². The first kappa shape index (κ1) is 12.2. The third-order valence-corrected chi connectivity index (χ3v) is 3.28. The molecule has 1 amide bonds. The zero-order valence-electron chi connectivity index (χ0n) is 10.7. The van der Waals surface area contributed by atoms with Crippen molar-refractivity contribution in [2.45, 2.75) is 6.92 Å². The maximum absolute atomic E-state index is 12.0. The Bertz CT molecular complexity index is 756. The molecule has 3 rings (SSSR count). The van der Waals surface area contributed by atoms with E-state index in [9.17, 15) is 9.59 Å². The highest BCUT2D eigenvalue weighted by Gasteiger charge is 2.24. The summed E-state index contributed by atoms with van der Waals surface area (Å²) in [5.74, 6) is -1.20. The smallest absolute Gasteiger partial charge is 0.352 e. The predicted molar refractivity (Wildman–Crippen MR) is 75.4 cm³/mol. The number of nitrogens with one attached hydrogen (secondary N) is 2. The summed E-state index contributed by atoms with van der Waals surface area (Å²) in [5.41, 5.74) is 3.65. The largest absolute Gasteiger partial charge is 0.477 e. The normalized spacial score (nSPS) is 15.2. The molecule has 0 unspecified atom stereocenters. The minimum absolute atomic E-state index is 0.112. The number of anilines is 1. The molecule has 0 radical (unpaired) electrons. The highest BCUT2D eigenvalue weighted by atomic mass is 16.4. The second-order valence-electron chi connectivity index (χ2n) is 4.64. The third kappa shape index (κ3) is 1.89. The number of para-hydroxylation sites is 1. The average molecular weight is 268 g/mol. The Morgan fingerprint density at radius 1 is 1.30 bits per heavy atom. The number of amides is 1. The van der Waals surface area contributed by atoms with Crippen LogP contribution in [0, 0.1) is 6.92 Å². The lowest BCUT2D eigenvalue weighted by molar-refractivity contribution is -0.110. The van der Waals surface area contributed by atoms with Crippen LogP contribution in [0.2, 0.25) is 0 Å².